The van der Waals surface area contributed by atoms with E-state index in [9.17, 15) is 18.7 Å². The number of esters is 1. The second-order valence-corrected chi connectivity index (χ2v) is 8.32. The van der Waals surface area contributed by atoms with Crippen LogP contribution in [0.25, 0.3) is 0 Å². The summed E-state index contributed by atoms with van der Waals surface area (Å²) in [6.07, 6.45) is 5.24. The first-order valence-electron chi connectivity index (χ1n) is 10.8. The molecule has 1 saturated carbocycles. The molecule has 1 aliphatic heterocycles. The lowest BCUT2D eigenvalue weighted by Crippen LogP contribution is -2.44. The van der Waals surface area contributed by atoms with E-state index >= 15 is 0 Å². The van der Waals surface area contributed by atoms with Crippen molar-refractivity contribution in [3.8, 4) is 0 Å². The van der Waals surface area contributed by atoms with Crippen LogP contribution in [0.4, 0.5) is 8.78 Å². The average molecular weight is 423 g/mol. The van der Waals surface area contributed by atoms with Crippen LogP contribution in [0.3, 0.4) is 0 Å². The molecule has 30 heavy (non-hydrogen) atoms. The molecule has 0 spiro atoms. The molecule has 0 bridgehead atoms. The van der Waals surface area contributed by atoms with Crippen LogP contribution >= 0.6 is 0 Å². The van der Waals surface area contributed by atoms with Gasteiger partial charge in [0.15, 0.2) is 5.60 Å². The Balaban J connectivity index is 1.59. The van der Waals surface area contributed by atoms with Crippen LogP contribution in [0.1, 0.15) is 51.5 Å². The summed E-state index contributed by atoms with van der Waals surface area (Å²) in [7, 11) is 0. The van der Waals surface area contributed by atoms with Gasteiger partial charge in [0, 0.05) is 44.2 Å². The zero-order valence-electron chi connectivity index (χ0n) is 17.8. The van der Waals surface area contributed by atoms with Crippen LogP contribution in [0.15, 0.2) is 42.7 Å². The SMILES string of the molecule is CCCN1C=CN(CCCOC(=O)[C@](O)(c2ccccc2)[C@H]2CCC(F)(F)C2)C1C. The highest BCUT2D eigenvalue weighted by atomic mass is 19.3. The van der Waals surface area contributed by atoms with Gasteiger partial charge >= 0.3 is 5.97 Å². The maximum atomic E-state index is 13.8. The predicted molar refractivity (Wildman–Crippen MR) is 111 cm³/mol. The van der Waals surface area contributed by atoms with Crippen molar-refractivity contribution in [3.05, 3.63) is 48.3 Å². The van der Waals surface area contributed by atoms with Crippen molar-refractivity contribution in [1.29, 1.82) is 0 Å². The van der Waals surface area contributed by atoms with Gasteiger partial charge in [-0.15, -0.1) is 0 Å². The summed E-state index contributed by atoms with van der Waals surface area (Å²) in [6.45, 7) is 6.07. The number of halogens is 2. The van der Waals surface area contributed by atoms with Crippen molar-refractivity contribution >= 4 is 5.97 Å². The van der Waals surface area contributed by atoms with Gasteiger partial charge in [-0.1, -0.05) is 37.3 Å². The van der Waals surface area contributed by atoms with E-state index in [1.165, 1.54) is 0 Å². The Morgan fingerprint density at radius 2 is 1.90 bits per heavy atom. The number of ether oxygens (including phenoxy) is 1. The third-order valence-electron chi connectivity index (χ3n) is 6.20. The molecule has 3 atom stereocenters. The van der Waals surface area contributed by atoms with Gasteiger partial charge in [0.1, 0.15) is 0 Å². The summed E-state index contributed by atoms with van der Waals surface area (Å²) >= 11 is 0. The van der Waals surface area contributed by atoms with Gasteiger partial charge in [0.05, 0.1) is 12.8 Å². The first-order valence-corrected chi connectivity index (χ1v) is 10.8. The van der Waals surface area contributed by atoms with Crippen molar-refractivity contribution < 1.29 is 23.4 Å². The fourth-order valence-corrected chi connectivity index (χ4v) is 4.43. The highest BCUT2D eigenvalue weighted by Crippen LogP contribution is 2.47. The van der Waals surface area contributed by atoms with Crippen LogP contribution in [0, 0.1) is 5.92 Å². The molecular formula is C23H32F2N2O3. The van der Waals surface area contributed by atoms with E-state index in [1.807, 2.05) is 6.20 Å². The van der Waals surface area contributed by atoms with Gasteiger partial charge < -0.3 is 19.6 Å². The zero-order chi connectivity index (χ0) is 21.8. The van der Waals surface area contributed by atoms with Gasteiger partial charge in [-0.05, 0) is 31.7 Å². The summed E-state index contributed by atoms with van der Waals surface area (Å²) in [5.41, 5.74) is -1.75. The van der Waals surface area contributed by atoms with E-state index in [1.54, 1.807) is 30.3 Å². The summed E-state index contributed by atoms with van der Waals surface area (Å²) < 4.78 is 33.1. The molecule has 3 rings (SSSR count). The van der Waals surface area contributed by atoms with E-state index in [2.05, 4.69) is 29.8 Å². The minimum atomic E-state index is -2.86. The monoisotopic (exact) mass is 422 g/mol. The number of nitrogens with zero attached hydrogens (tertiary/aromatic N) is 2. The fraction of sp³-hybridized carbons (Fsp3) is 0.609. The highest BCUT2D eigenvalue weighted by Gasteiger charge is 2.54. The van der Waals surface area contributed by atoms with Crippen molar-refractivity contribution in [3.63, 3.8) is 0 Å². The van der Waals surface area contributed by atoms with Gasteiger partial charge in [0.25, 0.3) is 0 Å². The Morgan fingerprint density at radius 1 is 1.23 bits per heavy atom. The Kier molecular flexibility index (Phi) is 7.01. The number of carbonyl (C=O) groups is 1. The summed E-state index contributed by atoms with van der Waals surface area (Å²) in [6, 6.07) is 8.31. The molecule has 0 amide bonds. The van der Waals surface area contributed by atoms with Gasteiger partial charge in [-0.25, -0.2) is 13.6 Å². The lowest BCUT2D eigenvalue weighted by molar-refractivity contribution is -0.175. The Hall–Kier alpha value is -2.15. The highest BCUT2D eigenvalue weighted by molar-refractivity contribution is 5.81. The molecule has 166 valence electrons. The van der Waals surface area contributed by atoms with E-state index in [0.29, 0.717) is 18.5 Å². The van der Waals surface area contributed by atoms with Crippen molar-refractivity contribution in [2.75, 3.05) is 19.7 Å². The third kappa shape index (κ3) is 4.77. The first kappa shape index (κ1) is 22.5. The third-order valence-corrected chi connectivity index (χ3v) is 6.20. The van der Waals surface area contributed by atoms with Crippen LogP contribution in [-0.2, 0) is 15.1 Å². The summed E-state index contributed by atoms with van der Waals surface area (Å²) in [4.78, 5) is 17.3. The Morgan fingerprint density at radius 3 is 2.50 bits per heavy atom. The molecule has 1 aromatic rings. The van der Waals surface area contributed by atoms with Gasteiger partial charge in [-0.3, -0.25) is 0 Å². The number of aliphatic hydroxyl groups is 1. The van der Waals surface area contributed by atoms with Gasteiger partial charge in [0.2, 0.25) is 5.92 Å². The molecule has 7 heteroatoms. The maximum absolute atomic E-state index is 13.8. The normalized spacial score (nSPS) is 24.8. The van der Waals surface area contributed by atoms with Crippen LogP contribution in [0.2, 0.25) is 0 Å². The standard InChI is InChI=1S/C23H32F2N2O3/c1-3-12-26-14-15-27(18(26)2)13-7-16-30-21(28)23(29,19-8-5-4-6-9-19)20-10-11-22(24,25)17-20/h4-6,8-9,14-15,18,20,29H,3,7,10-13,16-17H2,1-2H3/t18?,20-,23-/m0/s1. The Bertz CT molecular complexity index is 743. The van der Waals surface area contributed by atoms with Crippen molar-refractivity contribution in [2.45, 2.75) is 63.6 Å². The minimum Gasteiger partial charge on any atom is -0.463 e. The maximum Gasteiger partial charge on any atom is 0.343 e. The number of alkyl halides is 2. The average Bonchev–Trinajstić information content (AvgIpc) is 3.28. The molecule has 1 heterocycles. The number of rotatable bonds is 9. The van der Waals surface area contributed by atoms with E-state index in [0.717, 1.165) is 13.0 Å². The first-order chi connectivity index (χ1) is 14.3. The molecule has 0 aromatic heterocycles. The zero-order valence-corrected chi connectivity index (χ0v) is 17.8. The minimum absolute atomic E-state index is 0.0802. The van der Waals surface area contributed by atoms with Crippen molar-refractivity contribution in [2.24, 2.45) is 5.92 Å². The largest absolute Gasteiger partial charge is 0.463 e. The topological polar surface area (TPSA) is 53.0 Å². The van der Waals surface area contributed by atoms with E-state index in [-0.39, 0.29) is 25.6 Å². The molecule has 1 unspecified atom stereocenters. The second-order valence-electron chi connectivity index (χ2n) is 8.32. The van der Waals surface area contributed by atoms with Crippen molar-refractivity contribution in [1.82, 2.24) is 9.80 Å². The van der Waals surface area contributed by atoms with E-state index < -0.39 is 29.8 Å². The molecule has 5 nitrogen and oxygen atoms in total. The summed E-state index contributed by atoms with van der Waals surface area (Å²) in [5, 5.41) is 11.3. The Labute approximate surface area is 177 Å². The van der Waals surface area contributed by atoms with Gasteiger partial charge in [-0.2, -0.15) is 0 Å². The molecule has 1 aromatic carbocycles. The quantitative estimate of drug-likeness (QED) is 0.480. The molecular weight excluding hydrogens is 390 g/mol. The number of hydrogen-bond donors (Lipinski definition) is 1. The van der Waals surface area contributed by atoms with Crippen LogP contribution in [0.5, 0.6) is 0 Å². The second kappa shape index (κ2) is 9.33. The van der Waals surface area contributed by atoms with Crippen LogP contribution in [-0.4, -0.2) is 52.7 Å². The molecule has 0 saturated heterocycles. The molecule has 2 aliphatic rings. The van der Waals surface area contributed by atoms with E-state index in [4.69, 9.17) is 4.74 Å². The molecule has 1 N–H and O–H groups in total. The summed E-state index contributed by atoms with van der Waals surface area (Å²) in [5.74, 6) is -4.57. The molecule has 1 fully saturated rings. The molecule has 1 aliphatic carbocycles. The number of benzene rings is 1. The molecule has 0 radical (unpaired) electrons. The number of hydrogen-bond acceptors (Lipinski definition) is 5. The lowest BCUT2D eigenvalue weighted by Gasteiger charge is -2.32. The predicted octanol–water partition coefficient (Wildman–Crippen LogP) is 4.09. The fourth-order valence-electron chi connectivity index (χ4n) is 4.43. The van der Waals surface area contributed by atoms with Crippen LogP contribution < -0.4 is 0 Å². The smallest absolute Gasteiger partial charge is 0.343 e. The lowest BCUT2D eigenvalue weighted by atomic mass is 9.80. The number of carbonyl (C=O) groups excluding carboxylic acids is 1.